The van der Waals surface area contributed by atoms with Gasteiger partial charge in [-0.25, -0.2) is 23.1 Å². The summed E-state index contributed by atoms with van der Waals surface area (Å²) in [7, 11) is -3.37. The molecular weight excluding hydrogens is 378 g/mol. The number of aliphatic hydroxyl groups excluding tert-OH is 1. The van der Waals surface area contributed by atoms with Gasteiger partial charge in [0.25, 0.3) is 0 Å². The van der Waals surface area contributed by atoms with Crippen LogP contribution in [-0.2, 0) is 23.0 Å². The summed E-state index contributed by atoms with van der Waals surface area (Å²) in [5.41, 5.74) is 7.82. The quantitative estimate of drug-likeness (QED) is 0.574. The number of hydrogen-bond donors (Lipinski definition) is 3. The van der Waals surface area contributed by atoms with Crippen molar-refractivity contribution in [2.75, 3.05) is 18.6 Å². The summed E-state index contributed by atoms with van der Waals surface area (Å²) in [6.45, 7) is 0.389. The lowest BCUT2D eigenvalue weighted by Gasteiger charge is -2.31. The monoisotopic (exact) mass is 403 g/mol. The lowest BCUT2D eigenvalue weighted by Crippen LogP contribution is -2.49. The van der Waals surface area contributed by atoms with E-state index in [1.165, 1.54) is 6.26 Å². The number of nitrogens with zero attached hydrogens (tertiary/aromatic N) is 3. The van der Waals surface area contributed by atoms with Crippen LogP contribution in [0.15, 0.2) is 24.3 Å². The van der Waals surface area contributed by atoms with E-state index in [2.05, 4.69) is 14.7 Å². The van der Waals surface area contributed by atoms with E-state index in [0.29, 0.717) is 30.1 Å². The molecular formula is C19H25N5O3S. The van der Waals surface area contributed by atoms with Gasteiger partial charge in [0.2, 0.25) is 10.0 Å². The van der Waals surface area contributed by atoms with Gasteiger partial charge < -0.3 is 15.4 Å². The minimum Gasteiger partial charge on any atom is -0.396 e. The molecule has 2 aromatic heterocycles. The van der Waals surface area contributed by atoms with Gasteiger partial charge in [-0.3, -0.25) is 0 Å². The number of benzene rings is 1. The Kier molecular flexibility index (Phi) is 4.76. The molecule has 4 N–H and O–H groups in total. The van der Waals surface area contributed by atoms with E-state index in [-0.39, 0.29) is 6.61 Å². The Labute approximate surface area is 163 Å². The molecule has 1 aromatic carbocycles. The van der Waals surface area contributed by atoms with Crippen LogP contribution in [0.1, 0.15) is 31.5 Å². The highest BCUT2D eigenvalue weighted by atomic mass is 32.2. The molecule has 0 atom stereocenters. The first-order valence-corrected chi connectivity index (χ1v) is 11.3. The van der Waals surface area contributed by atoms with Crippen LogP contribution in [0.3, 0.4) is 0 Å². The summed E-state index contributed by atoms with van der Waals surface area (Å²) in [4.78, 5) is 9.11. The second-order valence-electron chi connectivity index (χ2n) is 7.66. The molecule has 150 valence electrons. The lowest BCUT2D eigenvalue weighted by molar-refractivity contribution is 0.288. The number of hydrogen-bond acceptors (Lipinski definition) is 6. The number of imidazole rings is 1. The first-order valence-electron chi connectivity index (χ1n) is 9.45. The van der Waals surface area contributed by atoms with E-state index in [1.54, 1.807) is 0 Å². The van der Waals surface area contributed by atoms with Crippen molar-refractivity contribution >= 4 is 37.8 Å². The average Bonchev–Trinajstić information content (AvgIpc) is 3.20. The Morgan fingerprint density at radius 1 is 1.25 bits per heavy atom. The van der Waals surface area contributed by atoms with Gasteiger partial charge in [0, 0.05) is 18.4 Å². The third-order valence-corrected chi connectivity index (χ3v) is 6.25. The fourth-order valence-corrected chi connectivity index (χ4v) is 5.46. The molecule has 0 bridgehead atoms. The fourth-order valence-electron chi connectivity index (χ4n) is 4.41. The van der Waals surface area contributed by atoms with Crippen molar-refractivity contribution in [3.05, 3.63) is 30.1 Å². The van der Waals surface area contributed by atoms with Gasteiger partial charge in [0.15, 0.2) is 5.82 Å². The number of anilines is 1. The van der Waals surface area contributed by atoms with E-state index in [9.17, 15) is 13.5 Å². The molecule has 9 heteroatoms. The van der Waals surface area contributed by atoms with Crippen molar-refractivity contribution in [3.63, 3.8) is 0 Å². The van der Waals surface area contributed by atoms with Gasteiger partial charge in [-0.15, -0.1) is 0 Å². The van der Waals surface area contributed by atoms with E-state index in [0.717, 1.165) is 42.1 Å². The minimum absolute atomic E-state index is 0.0545. The highest BCUT2D eigenvalue weighted by Crippen LogP contribution is 2.35. The van der Waals surface area contributed by atoms with Gasteiger partial charge in [-0.1, -0.05) is 31.0 Å². The molecule has 1 aliphatic carbocycles. The lowest BCUT2D eigenvalue weighted by atomic mass is 9.99. The summed E-state index contributed by atoms with van der Waals surface area (Å²) >= 11 is 0. The Bertz CT molecular complexity index is 1130. The largest absolute Gasteiger partial charge is 0.396 e. The second kappa shape index (κ2) is 6.98. The molecule has 0 amide bonds. The summed E-state index contributed by atoms with van der Waals surface area (Å²) in [6, 6.07) is 7.70. The molecule has 3 aromatic rings. The molecule has 1 saturated carbocycles. The fraction of sp³-hybridized carbons (Fsp3) is 0.474. The predicted octanol–water partition coefficient (Wildman–Crippen LogP) is 1.56. The zero-order chi connectivity index (χ0) is 19.9. The van der Waals surface area contributed by atoms with Crippen molar-refractivity contribution in [2.45, 2.75) is 44.2 Å². The first kappa shape index (κ1) is 19.1. The zero-order valence-corrected chi connectivity index (χ0v) is 16.7. The van der Waals surface area contributed by atoms with E-state index < -0.39 is 15.6 Å². The second-order valence-corrected chi connectivity index (χ2v) is 9.41. The summed E-state index contributed by atoms with van der Waals surface area (Å²) in [5, 5.41) is 10.5. The molecule has 8 nitrogen and oxygen atoms in total. The molecule has 0 saturated heterocycles. The summed E-state index contributed by atoms with van der Waals surface area (Å²) in [5.74, 6) is 1.02. The van der Waals surface area contributed by atoms with Crippen LogP contribution in [-0.4, -0.2) is 46.5 Å². The van der Waals surface area contributed by atoms with Crippen molar-refractivity contribution < 1.29 is 13.5 Å². The Morgan fingerprint density at radius 2 is 1.96 bits per heavy atom. The van der Waals surface area contributed by atoms with Gasteiger partial charge in [0.1, 0.15) is 11.3 Å². The van der Waals surface area contributed by atoms with Crippen LogP contribution in [0.4, 0.5) is 5.82 Å². The van der Waals surface area contributed by atoms with Crippen LogP contribution < -0.4 is 10.5 Å². The standard InChI is InChI=1S/C19H25N5O3S/c1-28(26,27)23-19(9-4-5-10-19)12-24-15(8-11-25)22-16-17(24)13-6-2-3-7-14(13)21-18(16)20/h2-3,6-7,23,25H,4-5,8-12H2,1H3,(H2,20,21). The minimum atomic E-state index is -3.37. The van der Waals surface area contributed by atoms with Gasteiger partial charge in [-0.05, 0) is 18.9 Å². The molecule has 4 rings (SSSR count). The van der Waals surface area contributed by atoms with Crippen LogP contribution in [0.25, 0.3) is 21.9 Å². The molecule has 0 spiro atoms. The van der Waals surface area contributed by atoms with Crippen molar-refractivity contribution in [1.29, 1.82) is 0 Å². The smallest absolute Gasteiger partial charge is 0.209 e. The summed E-state index contributed by atoms with van der Waals surface area (Å²) < 4.78 is 29.0. The topological polar surface area (TPSA) is 123 Å². The third-order valence-electron chi connectivity index (χ3n) is 5.45. The molecule has 0 aliphatic heterocycles. The molecule has 0 radical (unpaired) electrons. The maximum atomic E-state index is 12.1. The van der Waals surface area contributed by atoms with Gasteiger partial charge in [-0.2, -0.15) is 0 Å². The number of pyridine rings is 1. The van der Waals surface area contributed by atoms with Crippen molar-refractivity contribution in [2.24, 2.45) is 0 Å². The first-order chi connectivity index (χ1) is 13.3. The Hall–Kier alpha value is -2.23. The average molecular weight is 404 g/mol. The number of aromatic nitrogens is 3. The number of aliphatic hydroxyl groups is 1. The van der Waals surface area contributed by atoms with Gasteiger partial charge in [0.05, 0.1) is 29.4 Å². The van der Waals surface area contributed by atoms with E-state index >= 15 is 0 Å². The third kappa shape index (κ3) is 3.45. The van der Waals surface area contributed by atoms with Crippen LogP contribution in [0.2, 0.25) is 0 Å². The number of fused-ring (bicyclic) bond motifs is 3. The van der Waals surface area contributed by atoms with Crippen LogP contribution >= 0.6 is 0 Å². The number of sulfonamides is 1. The SMILES string of the molecule is CS(=O)(=O)NC1(Cn2c(CCO)nc3c(N)nc4ccccc4c32)CCCC1. The highest BCUT2D eigenvalue weighted by molar-refractivity contribution is 7.88. The number of nitrogens with one attached hydrogen (secondary N) is 1. The highest BCUT2D eigenvalue weighted by Gasteiger charge is 2.38. The predicted molar refractivity (Wildman–Crippen MR) is 109 cm³/mol. The molecule has 1 fully saturated rings. The van der Waals surface area contributed by atoms with E-state index in [1.807, 2.05) is 28.8 Å². The summed E-state index contributed by atoms with van der Waals surface area (Å²) in [6.07, 6.45) is 5.01. The van der Waals surface area contributed by atoms with Crippen molar-refractivity contribution in [3.8, 4) is 0 Å². The Balaban J connectivity index is 1.95. The van der Waals surface area contributed by atoms with Gasteiger partial charge >= 0.3 is 0 Å². The zero-order valence-electron chi connectivity index (χ0n) is 15.9. The number of rotatable bonds is 6. The van der Waals surface area contributed by atoms with Crippen molar-refractivity contribution in [1.82, 2.24) is 19.3 Å². The van der Waals surface area contributed by atoms with E-state index in [4.69, 9.17) is 5.73 Å². The molecule has 0 unspecified atom stereocenters. The Morgan fingerprint density at radius 3 is 2.64 bits per heavy atom. The van der Waals surface area contributed by atoms with Crippen LogP contribution in [0, 0.1) is 0 Å². The number of nitrogens with two attached hydrogens (primary N) is 1. The molecule has 28 heavy (non-hydrogen) atoms. The number of nitrogen functional groups attached to an aromatic ring is 1. The molecule has 1 aliphatic rings. The number of para-hydroxylation sites is 1. The maximum absolute atomic E-state index is 12.1. The normalized spacial score (nSPS) is 16.9. The van der Waals surface area contributed by atoms with Crippen LogP contribution in [0.5, 0.6) is 0 Å². The maximum Gasteiger partial charge on any atom is 0.209 e. The molecule has 2 heterocycles.